The fraction of sp³-hybridized carbons (Fsp3) is 0.636. The summed E-state index contributed by atoms with van der Waals surface area (Å²) >= 11 is 0. The smallest absolute Gasteiger partial charge is 0.238 e. The van der Waals surface area contributed by atoms with Crippen molar-refractivity contribution >= 4 is 11.8 Å². The van der Waals surface area contributed by atoms with Crippen molar-refractivity contribution < 1.29 is 9.59 Å². The van der Waals surface area contributed by atoms with Crippen LogP contribution in [-0.4, -0.2) is 90.3 Å². The van der Waals surface area contributed by atoms with E-state index in [9.17, 15) is 9.59 Å². The first-order valence-corrected chi connectivity index (χ1v) is 10.7. The molecule has 0 atom stereocenters. The maximum Gasteiger partial charge on any atom is 0.238 e. The molecule has 28 heavy (non-hydrogen) atoms. The van der Waals surface area contributed by atoms with Gasteiger partial charge >= 0.3 is 0 Å². The van der Waals surface area contributed by atoms with Crippen LogP contribution in [0.25, 0.3) is 0 Å². The average molecular weight is 385 g/mol. The van der Waals surface area contributed by atoms with Crippen LogP contribution in [0.2, 0.25) is 0 Å². The molecule has 0 aromatic heterocycles. The first-order chi connectivity index (χ1) is 13.6. The van der Waals surface area contributed by atoms with E-state index in [-0.39, 0.29) is 11.8 Å². The fourth-order valence-corrected chi connectivity index (χ4v) is 4.47. The van der Waals surface area contributed by atoms with Crippen molar-refractivity contribution in [3.63, 3.8) is 0 Å². The summed E-state index contributed by atoms with van der Waals surface area (Å²) in [5.74, 6) is 0.162. The predicted octanol–water partition coefficient (Wildman–Crippen LogP) is 1.28. The number of nitrogens with zero attached hydrogens (tertiary/aromatic N) is 4. The van der Waals surface area contributed by atoms with Gasteiger partial charge in [-0.05, 0) is 24.9 Å². The summed E-state index contributed by atoms with van der Waals surface area (Å²) in [7, 11) is 0. The second kappa shape index (κ2) is 8.21. The lowest BCUT2D eigenvalue weighted by Gasteiger charge is -2.39. The Morgan fingerprint density at radius 2 is 1.29 bits per heavy atom. The maximum atomic E-state index is 13.2. The Hall–Kier alpha value is -1.92. The summed E-state index contributed by atoms with van der Waals surface area (Å²) in [5, 5.41) is 0. The molecule has 2 aliphatic heterocycles. The van der Waals surface area contributed by atoms with Gasteiger partial charge < -0.3 is 14.7 Å². The average Bonchev–Trinajstić information content (AvgIpc) is 3.56. The van der Waals surface area contributed by atoms with Crippen LogP contribution >= 0.6 is 0 Å². The van der Waals surface area contributed by atoms with E-state index in [4.69, 9.17) is 0 Å². The van der Waals surface area contributed by atoms with Crippen LogP contribution < -0.4 is 0 Å². The highest BCUT2D eigenvalue weighted by atomic mass is 16.2. The summed E-state index contributed by atoms with van der Waals surface area (Å²) in [5.41, 5.74) is 0.568. The Bertz CT molecular complexity index is 688. The van der Waals surface area contributed by atoms with Crippen molar-refractivity contribution in [2.75, 3.05) is 58.9 Å². The third kappa shape index (κ3) is 3.94. The molecule has 6 nitrogen and oxygen atoms in total. The molecular formula is C22H32N4O2. The number of rotatable bonds is 5. The molecule has 0 bridgehead atoms. The van der Waals surface area contributed by atoms with Crippen LogP contribution in [0.4, 0.5) is 0 Å². The Morgan fingerprint density at radius 3 is 1.75 bits per heavy atom. The number of hydrogen-bond donors (Lipinski definition) is 0. The van der Waals surface area contributed by atoms with E-state index in [1.807, 2.05) is 15.9 Å². The highest BCUT2D eigenvalue weighted by Crippen LogP contribution is 2.49. The normalized spacial score (nSPS) is 22.9. The van der Waals surface area contributed by atoms with Gasteiger partial charge in [0.2, 0.25) is 11.8 Å². The lowest BCUT2D eigenvalue weighted by atomic mass is 10.0. The lowest BCUT2D eigenvalue weighted by molar-refractivity contribution is -0.151. The van der Waals surface area contributed by atoms with Gasteiger partial charge in [-0.25, -0.2) is 0 Å². The molecule has 0 unspecified atom stereocenters. The van der Waals surface area contributed by atoms with Gasteiger partial charge in [0.15, 0.2) is 0 Å². The third-order valence-corrected chi connectivity index (χ3v) is 6.58. The summed E-state index contributed by atoms with van der Waals surface area (Å²) in [6.07, 6.45) is 1.45. The van der Waals surface area contributed by atoms with Crippen LogP contribution in [0.3, 0.4) is 0 Å². The summed E-state index contributed by atoms with van der Waals surface area (Å²) < 4.78 is 0. The largest absolute Gasteiger partial charge is 0.339 e. The first-order valence-electron chi connectivity index (χ1n) is 10.7. The van der Waals surface area contributed by atoms with Gasteiger partial charge in [0.05, 0.1) is 0 Å². The molecule has 4 rings (SSSR count). The van der Waals surface area contributed by atoms with Gasteiger partial charge in [-0.2, -0.15) is 0 Å². The van der Waals surface area contributed by atoms with Crippen LogP contribution in [0.5, 0.6) is 0 Å². The quantitative estimate of drug-likeness (QED) is 0.718. The molecule has 2 amide bonds. The zero-order valence-electron chi connectivity index (χ0n) is 17.0. The minimum absolute atomic E-state index is 0.0785. The van der Waals surface area contributed by atoms with E-state index in [2.05, 4.69) is 41.0 Å². The Balaban J connectivity index is 1.30. The van der Waals surface area contributed by atoms with Gasteiger partial charge in [-0.1, -0.05) is 37.3 Å². The van der Waals surface area contributed by atoms with Gasteiger partial charge in [-0.3, -0.25) is 14.5 Å². The maximum absolute atomic E-state index is 13.2. The van der Waals surface area contributed by atoms with E-state index < -0.39 is 5.41 Å². The Morgan fingerprint density at radius 1 is 0.786 bits per heavy atom. The minimum Gasteiger partial charge on any atom is -0.339 e. The first kappa shape index (κ1) is 19.4. The third-order valence-electron chi connectivity index (χ3n) is 6.58. The van der Waals surface area contributed by atoms with Crippen molar-refractivity contribution in [2.24, 2.45) is 5.41 Å². The molecule has 2 heterocycles. The number of carbonyl (C=O) groups excluding carboxylic acids is 2. The summed E-state index contributed by atoms with van der Waals surface area (Å²) in [6, 6.07) is 10.5. The lowest BCUT2D eigenvalue weighted by Crippen LogP contribution is -2.56. The molecule has 152 valence electrons. The van der Waals surface area contributed by atoms with Gasteiger partial charge in [-0.15, -0.1) is 0 Å². The number of hydrogen-bond acceptors (Lipinski definition) is 4. The zero-order valence-corrected chi connectivity index (χ0v) is 17.0. The standard InChI is InChI=1S/C22H32N4O2/c1-2-23-10-14-25(15-11-23)20(27)22(8-9-22)21(28)26-16-12-24(13-17-26)18-19-6-4-3-5-7-19/h3-7H,2,8-18H2,1H3. The molecule has 6 heteroatoms. The van der Waals surface area contributed by atoms with E-state index in [0.717, 1.165) is 78.3 Å². The number of amides is 2. The van der Waals surface area contributed by atoms with Crippen LogP contribution in [0, 0.1) is 5.41 Å². The molecule has 1 aromatic carbocycles. The molecule has 3 aliphatic rings. The van der Waals surface area contributed by atoms with E-state index >= 15 is 0 Å². The molecule has 1 saturated carbocycles. The minimum atomic E-state index is -0.740. The highest BCUT2D eigenvalue weighted by molar-refractivity contribution is 6.07. The van der Waals surface area contributed by atoms with E-state index in [0.29, 0.717) is 0 Å². The van der Waals surface area contributed by atoms with Crippen molar-refractivity contribution in [2.45, 2.75) is 26.3 Å². The monoisotopic (exact) mass is 384 g/mol. The molecule has 0 N–H and O–H groups in total. The second-order valence-corrected chi connectivity index (χ2v) is 8.36. The molecule has 3 fully saturated rings. The summed E-state index contributed by atoms with van der Waals surface area (Å²) in [4.78, 5) is 34.9. The van der Waals surface area contributed by atoms with E-state index in [1.54, 1.807) is 0 Å². The summed E-state index contributed by atoms with van der Waals surface area (Å²) in [6.45, 7) is 10.7. The predicted molar refractivity (Wildman–Crippen MR) is 109 cm³/mol. The SMILES string of the molecule is CCN1CCN(C(=O)C2(C(=O)N3CCN(Cc4ccccc4)CC3)CC2)CC1. The van der Waals surface area contributed by atoms with Crippen LogP contribution in [-0.2, 0) is 16.1 Å². The van der Waals surface area contributed by atoms with Crippen molar-refractivity contribution in [3.8, 4) is 0 Å². The van der Waals surface area contributed by atoms with Gasteiger partial charge in [0.25, 0.3) is 0 Å². The van der Waals surface area contributed by atoms with Crippen molar-refractivity contribution in [1.82, 2.24) is 19.6 Å². The zero-order chi connectivity index (χ0) is 19.6. The molecule has 1 aliphatic carbocycles. The van der Waals surface area contributed by atoms with Crippen molar-refractivity contribution in [3.05, 3.63) is 35.9 Å². The number of benzene rings is 1. The molecule has 0 radical (unpaired) electrons. The van der Waals surface area contributed by atoms with Gasteiger partial charge in [0.1, 0.15) is 5.41 Å². The molecule has 2 saturated heterocycles. The van der Waals surface area contributed by atoms with Gasteiger partial charge in [0, 0.05) is 58.9 Å². The number of piperazine rings is 2. The molecular weight excluding hydrogens is 352 g/mol. The number of carbonyl (C=O) groups is 2. The molecule has 1 aromatic rings. The van der Waals surface area contributed by atoms with Crippen molar-refractivity contribution in [1.29, 1.82) is 0 Å². The highest BCUT2D eigenvalue weighted by Gasteiger charge is 2.59. The fourth-order valence-electron chi connectivity index (χ4n) is 4.47. The topological polar surface area (TPSA) is 47.1 Å². The van der Waals surface area contributed by atoms with E-state index in [1.165, 1.54) is 5.56 Å². The Kier molecular flexibility index (Phi) is 5.69. The Labute approximate surface area is 168 Å². The number of likely N-dealkylation sites (N-methyl/N-ethyl adjacent to an activating group) is 1. The second-order valence-electron chi connectivity index (χ2n) is 8.36. The molecule has 0 spiro atoms. The van der Waals surface area contributed by atoms with Crippen LogP contribution in [0.15, 0.2) is 30.3 Å². The van der Waals surface area contributed by atoms with Crippen LogP contribution in [0.1, 0.15) is 25.3 Å².